The molecule has 1 fully saturated rings. The molecule has 1 aromatic carbocycles. The highest BCUT2D eigenvalue weighted by Gasteiger charge is 2.30. The summed E-state index contributed by atoms with van der Waals surface area (Å²) < 4.78 is 40.1. The zero-order valence-corrected chi connectivity index (χ0v) is 16.0. The summed E-state index contributed by atoms with van der Waals surface area (Å²) in [5.74, 6) is -0.467. The summed E-state index contributed by atoms with van der Waals surface area (Å²) >= 11 is 1.60. The maximum atomic E-state index is 13.0. The van der Waals surface area contributed by atoms with Gasteiger partial charge in [0.05, 0.1) is 11.4 Å². The van der Waals surface area contributed by atoms with Crippen molar-refractivity contribution in [3.8, 4) is 0 Å². The van der Waals surface area contributed by atoms with E-state index in [-0.39, 0.29) is 11.6 Å². The van der Waals surface area contributed by atoms with Gasteiger partial charge in [0.15, 0.2) is 5.13 Å². The first-order chi connectivity index (χ1) is 12.5. The molecule has 0 bridgehead atoms. The Morgan fingerprint density at radius 1 is 1.15 bits per heavy atom. The fourth-order valence-corrected chi connectivity index (χ4v) is 6.02. The molecule has 26 heavy (non-hydrogen) atoms. The lowest BCUT2D eigenvalue weighted by molar-refractivity contribution is 0.392. The number of anilines is 1. The molecule has 0 radical (unpaired) electrons. The van der Waals surface area contributed by atoms with Crippen LogP contribution in [-0.4, -0.2) is 50.4 Å². The van der Waals surface area contributed by atoms with E-state index in [2.05, 4.69) is 10.2 Å². The number of fused-ring (bicyclic) bond motifs is 1. The van der Waals surface area contributed by atoms with Gasteiger partial charge in [0, 0.05) is 50.6 Å². The van der Waals surface area contributed by atoms with E-state index in [1.54, 1.807) is 11.3 Å². The van der Waals surface area contributed by atoms with Gasteiger partial charge < -0.3 is 10.2 Å². The highest BCUT2D eigenvalue weighted by molar-refractivity contribution is 7.88. The Balaban J connectivity index is 1.48. The molecule has 0 saturated carbocycles. The van der Waals surface area contributed by atoms with E-state index in [1.807, 2.05) is 0 Å². The van der Waals surface area contributed by atoms with Gasteiger partial charge in [-0.25, -0.2) is 17.8 Å². The smallest absolute Gasteiger partial charge is 0.218 e. The van der Waals surface area contributed by atoms with Crippen molar-refractivity contribution in [2.24, 2.45) is 0 Å². The molecular weight excluding hydrogens is 375 g/mol. The average molecular weight is 397 g/mol. The second-order valence-corrected chi connectivity index (χ2v) is 9.60. The normalized spacial score (nSPS) is 18.7. The van der Waals surface area contributed by atoms with Crippen LogP contribution >= 0.6 is 11.3 Å². The highest BCUT2D eigenvalue weighted by atomic mass is 32.2. The lowest BCUT2D eigenvalue weighted by Crippen LogP contribution is -2.43. The maximum absolute atomic E-state index is 13.0. The fraction of sp³-hybridized carbons (Fsp3) is 0.471. The number of aromatic nitrogens is 1. The molecule has 4 rings (SSSR count). The lowest BCUT2D eigenvalue weighted by Gasteiger charge is -2.26. The van der Waals surface area contributed by atoms with Crippen LogP contribution in [0.3, 0.4) is 0 Å². The van der Waals surface area contributed by atoms with Gasteiger partial charge in [0.2, 0.25) is 10.0 Å². The molecule has 1 N–H and O–H groups in total. The second kappa shape index (κ2) is 7.22. The van der Waals surface area contributed by atoms with Crippen LogP contribution < -0.4 is 10.2 Å². The molecule has 9 heteroatoms. The Hall–Kier alpha value is -1.55. The first kappa shape index (κ1) is 17.8. The molecule has 0 aliphatic carbocycles. The van der Waals surface area contributed by atoms with E-state index < -0.39 is 10.0 Å². The molecule has 0 spiro atoms. The fourth-order valence-electron chi connectivity index (χ4n) is 3.27. The Morgan fingerprint density at radius 2 is 1.88 bits per heavy atom. The number of hydrogen-bond donors (Lipinski definition) is 1. The minimum atomic E-state index is -3.44. The third-order valence-electron chi connectivity index (χ3n) is 4.73. The van der Waals surface area contributed by atoms with Crippen molar-refractivity contribution < 1.29 is 12.8 Å². The third-order valence-corrected chi connectivity index (χ3v) is 7.67. The van der Waals surface area contributed by atoms with Crippen LogP contribution in [0.5, 0.6) is 0 Å². The highest BCUT2D eigenvalue weighted by Crippen LogP contribution is 2.32. The molecule has 1 saturated heterocycles. The summed E-state index contributed by atoms with van der Waals surface area (Å²) in [4.78, 5) is 8.03. The van der Waals surface area contributed by atoms with Gasteiger partial charge in [0.1, 0.15) is 5.82 Å². The number of benzene rings is 1. The summed E-state index contributed by atoms with van der Waals surface area (Å²) in [6, 6.07) is 5.64. The average Bonchev–Trinajstić information content (AvgIpc) is 3.07. The number of hydrogen-bond acceptors (Lipinski definition) is 6. The van der Waals surface area contributed by atoms with Crippen LogP contribution in [-0.2, 0) is 28.7 Å². The van der Waals surface area contributed by atoms with E-state index in [0.717, 1.165) is 41.9 Å². The summed E-state index contributed by atoms with van der Waals surface area (Å²) in [6.45, 7) is 4.58. The van der Waals surface area contributed by atoms with Gasteiger partial charge in [-0.1, -0.05) is 12.1 Å². The van der Waals surface area contributed by atoms with E-state index in [9.17, 15) is 12.8 Å². The molecular formula is C17H21FN4O2S2. The number of nitrogens with one attached hydrogen (secondary N) is 1. The van der Waals surface area contributed by atoms with Crippen molar-refractivity contribution >= 4 is 26.5 Å². The molecule has 140 valence electrons. The topological polar surface area (TPSA) is 65.5 Å². The molecule has 2 aliphatic rings. The number of sulfonamides is 1. The summed E-state index contributed by atoms with van der Waals surface area (Å²) in [5.41, 5.74) is 1.62. The maximum Gasteiger partial charge on any atom is 0.218 e. The molecule has 2 aliphatic heterocycles. The lowest BCUT2D eigenvalue weighted by atomic mass is 10.2. The van der Waals surface area contributed by atoms with E-state index in [4.69, 9.17) is 4.98 Å². The van der Waals surface area contributed by atoms with Crippen molar-refractivity contribution in [1.82, 2.24) is 14.6 Å². The molecule has 3 heterocycles. The van der Waals surface area contributed by atoms with E-state index >= 15 is 0 Å². The van der Waals surface area contributed by atoms with Gasteiger partial charge in [-0.05, 0) is 17.7 Å². The molecule has 6 nitrogen and oxygen atoms in total. The molecule has 0 atom stereocenters. The Bertz CT molecular complexity index is 877. The van der Waals surface area contributed by atoms with Crippen molar-refractivity contribution in [2.75, 3.05) is 37.6 Å². The van der Waals surface area contributed by atoms with Gasteiger partial charge >= 0.3 is 0 Å². The summed E-state index contributed by atoms with van der Waals surface area (Å²) in [7, 11) is -3.44. The summed E-state index contributed by atoms with van der Waals surface area (Å²) in [5, 5.41) is 4.32. The number of nitrogens with zero attached hydrogens (tertiary/aromatic N) is 3. The molecule has 0 unspecified atom stereocenters. The minimum absolute atomic E-state index is 0.105. The number of piperazine rings is 1. The van der Waals surface area contributed by atoms with Crippen LogP contribution in [0.15, 0.2) is 24.3 Å². The first-order valence-corrected chi connectivity index (χ1v) is 11.1. The third kappa shape index (κ3) is 3.75. The van der Waals surface area contributed by atoms with Gasteiger partial charge in [-0.2, -0.15) is 4.31 Å². The predicted molar refractivity (Wildman–Crippen MR) is 100 cm³/mol. The van der Waals surface area contributed by atoms with Gasteiger partial charge in [0.25, 0.3) is 0 Å². The molecule has 0 amide bonds. The van der Waals surface area contributed by atoms with Crippen LogP contribution in [0, 0.1) is 5.82 Å². The van der Waals surface area contributed by atoms with E-state index in [0.29, 0.717) is 25.1 Å². The van der Waals surface area contributed by atoms with Crippen LogP contribution in [0.4, 0.5) is 9.52 Å². The second-order valence-electron chi connectivity index (χ2n) is 6.57. The minimum Gasteiger partial charge on any atom is -0.346 e. The van der Waals surface area contributed by atoms with Crippen LogP contribution in [0.25, 0.3) is 0 Å². The van der Waals surface area contributed by atoms with Gasteiger partial charge in [-0.3, -0.25) is 0 Å². The predicted octanol–water partition coefficient (Wildman–Crippen LogP) is 1.58. The van der Waals surface area contributed by atoms with Gasteiger partial charge in [-0.15, -0.1) is 11.3 Å². The number of halogens is 1. The zero-order chi connectivity index (χ0) is 18.1. The molecule has 1 aromatic heterocycles. The van der Waals surface area contributed by atoms with Crippen LogP contribution in [0.1, 0.15) is 16.1 Å². The number of thiazole rings is 1. The first-order valence-electron chi connectivity index (χ1n) is 8.68. The van der Waals surface area contributed by atoms with Crippen molar-refractivity contribution in [3.63, 3.8) is 0 Å². The van der Waals surface area contributed by atoms with Crippen molar-refractivity contribution in [1.29, 1.82) is 0 Å². The Labute approximate surface area is 156 Å². The Kier molecular flexibility index (Phi) is 4.96. The van der Waals surface area contributed by atoms with E-state index in [1.165, 1.54) is 28.6 Å². The largest absolute Gasteiger partial charge is 0.346 e. The SMILES string of the molecule is O=S(=O)(Cc1ccc(F)cc1)N1CCc2nc(N3CCNCC3)sc2C1. The van der Waals surface area contributed by atoms with Crippen LogP contribution in [0.2, 0.25) is 0 Å². The molecule has 2 aromatic rings. The Morgan fingerprint density at radius 3 is 2.62 bits per heavy atom. The summed E-state index contributed by atoms with van der Waals surface area (Å²) in [6.07, 6.45) is 0.639. The standard InChI is InChI=1S/C17H21FN4O2S2/c18-14-3-1-13(2-4-14)12-26(23,24)22-8-5-15-16(11-22)25-17(20-15)21-9-6-19-7-10-21/h1-4,19H,5-12H2. The monoisotopic (exact) mass is 396 g/mol. The van der Waals surface area contributed by atoms with Crippen molar-refractivity contribution in [2.45, 2.75) is 18.7 Å². The zero-order valence-electron chi connectivity index (χ0n) is 14.3. The number of rotatable bonds is 4. The van der Waals surface area contributed by atoms with Crippen molar-refractivity contribution in [3.05, 3.63) is 46.2 Å². The quantitative estimate of drug-likeness (QED) is 0.850.